The highest BCUT2D eigenvalue weighted by atomic mass is 16.5. The van der Waals surface area contributed by atoms with Gasteiger partial charge in [0.25, 0.3) is 0 Å². The fourth-order valence-corrected chi connectivity index (χ4v) is 2.46. The molecule has 21 heavy (non-hydrogen) atoms. The summed E-state index contributed by atoms with van der Waals surface area (Å²) in [6.45, 7) is 3.72. The fourth-order valence-electron chi connectivity index (χ4n) is 2.46. The van der Waals surface area contributed by atoms with Crippen molar-refractivity contribution in [2.45, 2.75) is 19.9 Å². The molecule has 0 bridgehead atoms. The molecule has 0 aliphatic carbocycles. The maximum absolute atomic E-state index is 12.2. The van der Waals surface area contributed by atoms with Crippen molar-refractivity contribution in [2.24, 2.45) is 7.05 Å². The van der Waals surface area contributed by atoms with Crippen LogP contribution in [0.4, 0.5) is 5.95 Å². The van der Waals surface area contributed by atoms with Gasteiger partial charge in [-0.1, -0.05) is 5.10 Å². The first kappa shape index (κ1) is 13.3. The molecule has 2 aromatic heterocycles. The smallest absolute Gasteiger partial charge is 0.338 e. The number of hydrogen-bond acceptors (Lipinski definition) is 7. The van der Waals surface area contributed by atoms with Crippen molar-refractivity contribution in [1.82, 2.24) is 30.0 Å². The second kappa shape index (κ2) is 4.69. The molecule has 0 spiro atoms. The van der Waals surface area contributed by atoms with Crippen molar-refractivity contribution in [3.05, 3.63) is 28.7 Å². The first-order valence-electron chi connectivity index (χ1n) is 6.37. The maximum Gasteiger partial charge on any atom is 0.338 e. The van der Waals surface area contributed by atoms with Crippen LogP contribution in [0.1, 0.15) is 24.2 Å². The van der Waals surface area contributed by atoms with Gasteiger partial charge in [0.05, 0.1) is 18.9 Å². The van der Waals surface area contributed by atoms with Crippen LogP contribution in [0.25, 0.3) is 0 Å². The van der Waals surface area contributed by atoms with E-state index in [2.05, 4.69) is 25.9 Å². The number of carbonyl (C=O) groups excluding carboxylic acids is 1. The number of anilines is 1. The Morgan fingerprint density at radius 3 is 2.81 bits per heavy atom. The van der Waals surface area contributed by atoms with E-state index in [1.54, 1.807) is 22.5 Å². The summed E-state index contributed by atoms with van der Waals surface area (Å²) in [5.74, 6) is 0.0582. The zero-order chi connectivity index (χ0) is 15.1. The van der Waals surface area contributed by atoms with Gasteiger partial charge >= 0.3 is 5.97 Å². The summed E-state index contributed by atoms with van der Waals surface area (Å²) in [6, 6.07) is -0.461. The molecule has 0 saturated carbocycles. The van der Waals surface area contributed by atoms with Crippen LogP contribution in [-0.4, -0.2) is 43.1 Å². The number of tetrazole rings is 1. The lowest BCUT2D eigenvalue weighted by Crippen LogP contribution is -2.29. The van der Waals surface area contributed by atoms with Gasteiger partial charge in [0.15, 0.2) is 0 Å². The summed E-state index contributed by atoms with van der Waals surface area (Å²) in [5.41, 5.74) is 2.91. The lowest BCUT2D eigenvalue weighted by molar-refractivity contribution is -0.136. The van der Waals surface area contributed by atoms with Crippen LogP contribution in [0, 0.1) is 6.92 Å². The quantitative estimate of drug-likeness (QED) is 0.787. The van der Waals surface area contributed by atoms with Crippen molar-refractivity contribution >= 4 is 11.9 Å². The number of aromatic nitrogens is 6. The Balaban J connectivity index is 2.22. The number of aryl methyl sites for hydroxylation is 1. The fraction of sp³-hybridized carbons (Fsp3) is 0.417. The molecule has 0 saturated heterocycles. The van der Waals surface area contributed by atoms with Crippen molar-refractivity contribution in [2.75, 3.05) is 12.4 Å². The van der Waals surface area contributed by atoms with Gasteiger partial charge in [-0.15, -0.1) is 0 Å². The van der Waals surface area contributed by atoms with Gasteiger partial charge in [0.1, 0.15) is 6.04 Å². The number of fused-ring (bicyclic) bond motifs is 1. The number of ether oxygens (including phenoxy) is 1. The van der Waals surface area contributed by atoms with Gasteiger partial charge < -0.3 is 10.1 Å². The highest BCUT2D eigenvalue weighted by Gasteiger charge is 2.36. The molecule has 1 unspecified atom stereocenters. The second-order valence-corrected chi connectivity index (χ2v) is 4.81. The lowest BCUT2D eigenvalue weighted by atomic mass is 9.96. The molecule has 0 fully saturated rings. The minimum absolute atomic E-state index is 0.422. The zero-order valence-electron chi connectivity index (χ0n) is 12.2. The van der Waals surface area contributed by atoms with Crippen molar-refractivity contribution in [1.29, 1.82) is 0 Å². The number of carbonyl (C=O) groups is 1. The second-order valence-electron chi connectivity index (χ2n) is 4.81. The predicted molar refractivity (Wildman–Crippen MR) is 72.2 cm³/mol. The monoisotopic (exact) mass is 289 g/mol. The van der Waals surface area contributed by atoms with Crippen LogP contribution in [0.3, 0.4) is 0 Å². The minimum Gasteiger partial charge on any atom is -0.466 e. The normalized spacial score (nSPS) is 17.4. The maximum atomic E-state index is 12.2. The molecule has 3 heterocycles. The third-order valence-electron chi connectivity index (χ3n) is 3.69. The molecule has 3 rings (SSSR count). The molecule has 0 radical (unpaired) electrons. The van der Waals surface area contributed by atoms with E-state index in [-0.39, 0.29) is 0 Å². The topological polar surface area (TPSA) is 99.8 Å². The van der Waals surface area contributed by atoms with Gasteiger partial charge in [-0.3, -0.25) is 4.68 Å². The number of hydrogen-bond donors (Lipinski definition) is 1. The molecule has 1 aliphatic rings. The average Bonchev–Trinajstić information content (AvgIpc) is 3.05. The Hall–Kier alpha value is -2.71. The van der Waals surface area contributed by atoms with Gasteiger partial charge in [-0.2, -0.15) is 9.78 Å². The number of methoxy groups -OCH3 is 1. The molecule has 9 nitrogen and oxygen atoms in total. The molecule has 0 amide bonds. The first-order chi connectivity index (χ1) is 10.0. The van der Waals surface area contributed by atoms with E-state index in [9.17, 15) is 4.79 Å². The van der Waals surface area contributed by atoms with E-state index < -0.39 is 12.0 Å². The number of rotatable bonds is 2. The van der Waals surface area contributed by atoms with Gasteiger partial charge in [-0.25, -0.2) is 4.79 Å². The standard InChI is InChI=1S/C12H15N7O2/c1-6-9(11(20)21-4)10(8-5-13-18(3)7(8)2)19-12(14-6)15-16-17-19/h5,10H,1-4H3,(H,14,15,17). The Kier molecular flexibility index (Phi) is 2.96. The zero-order valence-corrected chi connectivity index (χ0v) is 12.2. The Morgan fingerprint density at radius 1 is 1.43 bits per heavy atom. The molecule has 1 atom stereocenters. The largest absolute Gasteiger partial charge is 0.466 e. The number of allylic oxidation sites excluding steroid dienone is 1. The predicted octanol–water partition coefficient (Wildman–Crippen LogP) is 0.177. The summed E-state index contributed by atoms with van der Waals surface area (Å²) in [6.07, 6.45) is 1.72. The van der Waals surface area contributed by atoms with E-state index in [0.29, 0.717) is 17.2 Å². The van der Waals surface area contributed by atoms with E-state index in [0.717, 1.165) is 11.3 Å². The van der Waals surface area contributed by atoms with Crippen molar-refractivity contribution < 1.29 is 9.53 Å². The molecule has 2 aromatic rings. The third kappa shape index (κ3) is 1.89. The number of nitrogens with zero attached hydrogens (tertiary/aromatic N) is 6. The first-order valence-corrected chi connectivity index (χ1v) is 6.37. The lowest BCUT2D eigenvalue weighted by Gasteiger charge is -2.26. The Labute approximate surface area is 120 Å². The minimum atomic E-state index is -0.461. The van der Waals surface area contributed by atoms with Gasteiger partial charge in [-0.05, 0) is 24.3 Å². The van der Waals surface area contributed by atoms with Crippen LogP contribution in [0.15, 0.2) is 17.5 Å². The third-order valence-corrected chi connectivity index (χ3v) is 3.69. The molecular formula is C12H15N7O2. The number of esters is 1. The summed E-state index contributed by atoms with van der Waals surface area (Å²) >= 11 is 0. The summed E-state index contributed by atoms with van der Waals surface area (Å²) in [5, 5.41) is 18.8. The molecule has 110 valence electrons. The number of nitrogens with one attached hydrogen (secondary N) is 1. The van der Waals surface area contributed by atoms with E-state index in [4.69, 9.17) is 4.74 Å². The highest BCUT2D eigenvalue weighted by molar-refractivity contribution is 5.92. The summed E-state index contributed by atoms with van der Waals surface area (Å²) in [7, 11) is 3.19. The Bertz CT molecular complexity index is 743. The van der Waals surface area contributed by atoms with Crippen LogP contribution < -0.4 is 5.32 Å². The SMILES string of the molecule is COC(=O)C1=C(C)Nc2nnnn2C1c1cnn(C)c1C. The summed E-state index contributed by atoms with van der Waals surface area (Å²) in [4.78, 5) is 12.2. The molecular weight excluding hydrogens is 274 g/mol. The van der Waals surface area contributed by atoms with Crippen LogP contribution in [-0.2, 0) is 16.6 Å². The van der Waals surface area contributed by atoms with E-state index in [1.165, 1.54) is 7.11 Å². The average molecular weight is 289 g/mol. The molecule has 0 aromatic carbocycles. The summed E-state index contributed by atoms with van der Waals surface area (Å²) < 4.78 is 8.20. The van der Waals surface area contributed by atoms with Crippen LogP contribution in [0.2, 0.25) is 0 Å². The van der Waals surface area contributed by atoms with Crippen LogP contribution >= 0.6 is 0 Å². The van der Waals surface area contributed by atoms with Crippen molar-refractivity contribution in [3.8, 4) is 0 Å². The van der Waals surface area contributed by atoms with Crippen LogP contribution in [0.5, 0.6) is 0 Å². The highest BCUT2D eigenvalue weighted by Crippen LogP contribution is 2.35. The van der Waals surface area contributed by atoms with Crippen molar-refractivity contribution in [3.63, 3.8) is 0 Å². The van der Waals surface area contributed by atoms with Gasteiger partial charge in [0, 0.05) is 24.0 Å². The molecule has 1 aliphatic heterocycles. The van der Waals surface area contributed by atoms with E-state index in [1.807, 2.05) is 14.0 Å². The van der Waals surface area contributed by atoms with Gasteiger partial charge in [0.2, 0.25) is 5.95 Å². The molecule has 9 heteroatoms. The molecule has 1 N–H and O–H groups in total. The van der Waals surface area contributed by atoms with E-state index >= 15 is 0 Å². The Morgan fingerprint density at radius 2 is 2.19 bits per heavy atom.